The van der Waals surface area contributed by atoms with Crippen LogP contribution in [0.1, 0.15) is 399 Å². The van der Waals surface area contributed by atoms with Gasteiger partial charge in [0.1, 0.15) is 19.8 Å². The highest BCUT2D eigenvalue weighted by Gasteiger charge is 2.27. The second-order valence-corrected chi connectivity index (χ2v) is 30.2. The number of ether oxygens (including phenoxy) is 2. The number of quaternary nitrogens is 1. The molecule has 0 aromatic rings. The molecule has 0 aliphatic rings. The highest BCUT2D eigenvalue weighted by atomic mass is 31.2. The average molecular weight is 1340 g/mol. The van der Waals surface area contributed by atoms with Gasteiger partial charge < -0.3 is 18.9 Å². The summed E-state index contributed by atoms with van der Waals surface area (Å²) >= 11 is 0. The van der Waals surface area contributed by atoms with Crippen molar-refractivity contribution in [3.63, 3.8) is 0 Å². The fourth-order valence-corrected chi connectivity index (χ4v) is 12.8. The molecule has 10 heteroatoms. The third-order valence-corrected chi connectivity index (χ3v) is 19.2. The fourth-order valence-electron chi connectivity index (χ4n) is 12.1. The number of phosphoric ester groups is 1. The number of hydrogen-bond acceptors (Lipinski definition) is 7. The minimum absolute atomic E-state index is 0.0333. The quantitative estimate of drug-likeness (QED) is 0.0211. The average Bonchev–Trinajstić information content (AvgIpc) is 1.56. The molecule has 0 amide bonds. The zero-order valence-electron chi connectivity index (χ0n) is 63.0. The second-order valence-electron chi connectivity index (χ2n) is 28.8. The largest absolute Gasteiger partial charge is 0.472 e. The van der Waals surface area contributed by atoms with Gasteiger partial charge in [-0.3, -0.25) is 18.6 Å². The van der Waals surface area contributed by atoms with E-state index in [9.17, 15) is 19.0 Å². The molecule has 94 heavy (non-hydrogen) atoms. The maximum absolute atomic E-state index is 12.9. The van der Waals surface area contributed by atoms with E-state index < -0.39 is 26.5 Å². The van der Waals surface area contributed by atoms with Crippen molar-refractivity contribution in [2.75, 3.05) is 47.5 Å². The molecule has 1 N–H and O–H groups in total. The maximum Gasteiger partial charge on any atom is 0.472 e. The molecule has 0 aliphatic heterocycles. The number of allylic oxidation sites excluding steroid dienone is 12. The predicted molar refractivity (Wildman–Crippen MR) is 409 cm³/mol. The van der Waals surface area contributed by atoms with Gasteiger partial charge in [-0.25, -0.2) is 4.57 Å². The second kappa shape index (κ2) is 74.7. The van der Waals surface area contributed by atoms with Gasteiger partial charge in [-0.2, -0.15) is 0 Å². The third-order valence-electron chi connectivity index (χ3n) is 18.3. The molecule has 0 aromatic carbocycles. The first-order valence-electron chi connectivity index (χ1n) is 40.7. The van der Waals surface area contributed by atoms with E-state index in [1.807, 2.05) is 21.1 Å². The number of rotatable bonds is 76. The van der Waals surface area contributed by atoms with Gasteiger partial charge in [0.05, 0.1) is 27.7 Å². The van der Waals surface area contributed by atoms with Gasteiger partial charge in [0.25, 0.3) is 0 Å². The van der Waals surface area contributed by atoms with E-state index in [1.54, 1.807) is 0 Å². The smallest absolute Gasteiger partial charge is 0.462 e. The third kappa shape index (κ3) is 78.4. The van der Waals surface area contributed by atoms with Crippen molar-refractivity contribution in [3.05, 3.63) is 72.9 Å². The molecule has 0 saturated heterocycles. The Labute approximate surface area is 584 Å². The minimum atomic E-state index is -4.40. The first kappa shape index (κ1) is 91.4. The number of esters is 2. The Morgan fingerprint density at radius 3 is 0.904 bits per heavy atom. The van der Waals surface area contributed by atoms with Crippen LogP contribution in [0.5, 0.6) is 0 Å². The summed E-state index contributed by atoms with van der Waals surface area (Å²) in [4.78, 5) is 36.0. The van der Waals surface area contributed by atoms with Crippen LogP contribution in [0.15, 0.2) is 72.9 Å². The van der Waals surface area contributed by atoms with Crippen molar-refractivity contribution >= 4 is 19.8 Å². The van der Waals surface area contributed by atoms with E-state index in [1.165, 1.54) is 295 Å². The lowest BCUT2D eigenvalue weighted by molar-refractivity contribution is -0.870. The highest BCUT2D eigenvalue weighted by Crippen LogP contribution is 2.43. The van der Waals surface area contributed by atoms with Crippen LogP contribution in [0, 0.1) is 0 Å². The molecule has 0 spiro atoms. The summed E-state index contributed by atoms with van der Waals surface area (Å²) in [5, 5.41) is 0. The first-order valence-corrected chi connectivity index (χ1v) is 42.2. The summed E-state index contributed by atoms with van der Waals surface area (Å²) in [6.07, 6.45) is 102. The SMILES string of the molecule is CC/C=C\C/C=C\C/C=C\C/C=C\C/C=C\C/C=C\CCCCCCCCCCCCCCCCCCCCC(=O)OC(COC(=O)CCCCCCCCCCCCCCCCCCCCCCCCCCCCCCCCCCC)COP(=O)(O)OCC[N+](C)(C)C. The van der Waals surface area contributed by atoms with E-state index >= 15 is 0 Å². The summed E-state index contributed by atoms with van der Waals surface area (Å²) < 4.78 is 34.8. The summed E-state index contributed by atoms with van der Waals surface area (Å²) in [5.41, 5.74) is 0. The lowest BCUT2D eigenvalue weighted by atomic mass is 10.0. The highest BCUT2D eigenvalue weighted by molar-refractivity contribution is 7.47. The van der Waals surface area contributed by atoms with Crippen LogP contribution in [0.2, 0.25) is 0 Å². The van der Waals surface area contributed by atoms with E-state index in [4.69, 9.17) is 18.5 Å². The number of carbonyl (C=O) groups is 2. The number of carbonyl (C=O) groups excluding carboxylic acids is 2. The van der Waals surface area contributed by atoms with Gasteiger partial charge >= 0.3 is 19.8 Å². The van der Waals surface area contributed by atoms with E-state index in [0.717, 1.165) is 70.6 Å². The molecule has 0 bridgehead atoms. The van der Waals surface area contributed by atoms with Crippen molar-refractivity contribution in [3.8, 4) is 0 Å². The Bertz CT molecular complexity index is 1820. The van der Waals surface area contributed by atoms with Gasteiger partial charge in [-0.15, -0.1) is 0 Å². The van der Waals surface area contributed by atoms with Crippen LogP contribution >= 0.6 is 7.82 Å². The van der Waals surface area contributed by atoms with Gasteiger partial charge in [0, 0.05) is 12.8 Å². The fraction of sp³-hybridized carbons (Fsp3) is 0.833. The van der Waals surface area contributed by atoms with Gasteiger partial charge in [-0.1, -0.05) is 395 Å². The van der Waals surface area contributed by atoms with Crippen molar-refractivity contribution in [2.24, 2.45) is 0 Å². The number of unbranched alkanes of at least 4 members (excludes halogenated alkanes) is 50. The van der Waals surface area contributed by atoms with Crippen LogP contribution in [0.4, 0.5) is 0 Å². The molecule has 0 aliphatic carbocycles. The molecule has 9 nitrogen and oxygen atoms in total. The summed E-state index contributed by atoms with van der Waals surface area (Å²) in [6.45, 7) is 4.39. The van der Waals surface area contributed by atoms with Gasteiger partial charge in [0.15, 0.2) is 6.10 Å². The Morgan fingerprint density at radius 2 is 0.606 bits per heavy atom. The van der Waals surface area contributed by atoms with Crippen LogP contribution < -0.4 is 0 Å². The molecule has 0 aromatic heterocycles. The molecule has 0 rings (SSSR count). The minimum Gasteiger partial charge on any atom is -0.462 e. The number of phosphoric acid groups is 1. The summed E-state index contributed by atoms with van der Waals surface area (Å²) in [6, 6.07) is 0. The molecular formula is C84H157NO8P+. The molecule has 550 valence electrons. The van der Waals surface area contributed by atoms with Crippen LogP contribution in [0.25, 0.3) is 0 Å². The number of nitrogens with zero attached hydrogens (tertiary/aromatic N) is 1. The van der Waals surface area contributed by atoms with E-state index in [-0.39, 0.29) is 25.6 Å². The Morgan fingerprint density at radius 1 is 0.340 bits per heavy atom. The molecule has 0 saturated carbocycles. The van der Waals surface area contributed by atoms with Gasteiger partial charge in [-0.05, 0) is 64.2 Å². The Kier molecular flexibility index (Phi) is 72.6. The van der Waals surface area contributed by atoms with Crippen LogP contribution in [0.3, 0.4) is 0 Å². The molecule has 2 atom stereocenters. The Hall–Kier alpha value is -2.55. The molecular weight excluding hydrogens is 1180 g/mol. The van der Waals surface area contributed by atoms with Crippen molar-refractivity contribution in [1.82, 2.24) is 0 Å². The normalized spacial score (nSPS) is 13.4. The monoisotopic (exact) mass is 1340 g/mol. The lowest BCUT2D eigenvalue weighted by Crippen LogP contribution is -2.37. The number of hydrogen-bond donors (Lipinski definition) is 1. The van der Waals surface area contributed by atoms with Crippen LogP contribution in [-0.2, 0) is 32.7 Å². The van der Waals surface area contributed by atoms with Crippen LogP contribution in [-0.4, -0.2) is 74.9 Å². The van der Waals surface area contributed by atoms with Gasteiger partial charge in [0.2, 0.25) is 0 Å². The van der Waals surface area contributed by atoms with Crippen molar-refractivity contribution in [1.29, 1.82) is 0 Å². The lowest BCUT2D eigenvalue weighted by Gasteiger charge is -2.24. The van der Waals surface area contributed by atoms with E-state index in [0.29, 0.717) is 23.9 Å². The number of likely N-dealkylation sites (N-methyl/N-ethyl adjacent to an activating group) is 1. The summed E-state index contributed by atoms with van der Waals surface area (Å²) in [7, 11) is 1.50. The van der Waals surface area contributed by atoms with E-state index in [2.05, 4.69) is 86.8 Å². The standard InChI is InChI=1S/C84H156NO8P/c1-6-8-10-12-14-16-18-20-22-24-26-28-30-32-34-36-38-40-41-42-43-45-47-49-51-53-55-57-59-61-63-65-67-69-71-73-75-77-84(87)93-82(81-92-94(88,89)91-79-78-85(3,4)5)80-90-83(86)76-74-72-70-68-66-64-62-60-58-56-54-52-50-48-46-44-39-37-35-33-31-29-27-25-23-21-19-17-15-13-11-9-7-2/h8,10,14,16,20,22,26,28,32,34,38,40,82H,6-7,9,11-13,15,17-19,21,23-25,27,29-31,33,35-37,39,41-81H2,1-5H3/p+1/b10-8-,16-14-,22-20-,28-26-,34-32-,40-38-. The summed E-state index contributed by atoms with van der Waals surface area (Å²) in [5.74, 6) is -0.775. The molecule has 2 unspecified atom stereocenters. The Balaban J connectivity index is 3.92. The van der Waals surface area contributed by atoms with Crippen molar-refractivity contribution < 1.29 is 42.1 Å². The molecule has 0 heterocycles. The van der Waals surface area contributed by atoms with Crippen molar-refractivity contribution in [2.45, 2.75) is 405 Å². The zero-order valence-corrected chi connectivity index (χ0v) is 63.9. The first-order chi connectivity index (χ1) is 46.0. The zero-order chi connectivity index (χ0) is 68.3. The topological polar surface area (TPSA) is 108 Å². The molecule has 0 fully saturated rings. The predicted octanol–water partition coefficient (Wildman–Crippen LogP) is 27.1. The maximum atomic E-state index is 12.9. The molecule has 0 radical (unpaired) electrons.